The third-order valence-electron chi connectivity index (χ3n) is 6.85. The number of benzene rings is 3. The Labute approximate surface area is 243 Å². The molecule has 3 aromatic carbocycles. The molecule has 0 aromatic heterocycles. The van der Waals surface area contributed by atoms with E-state index >= 15 is 0 Å². The second kappa shape index (κ2) is 13.8. The molecule has 0 aliphatic heterocycles. The molecule has 40 heavy (non-hydrogen) atoms. The number of anilines is 1. The highest BCUT2D eigenvalue weighted by molar-refractivity contribution is 7.92. The molecule has 1 atom stereocenters. The van der Waals surface area contributed by atoms with Crippen LogP contribution in [-0.4, -0.2) is 44.3 Å². The van der Waals surface area contributed by atoms with Crippen molar-refractivity contribution in [2.75, 3.05) is 17.4 Å². The summed E-state index contributed by atoms with van der Waals surface area (Å²) in [6, 6.07) is 18.3. The second-order valence-corrected chi connectivity index (χ2v) is 12.2. The number of hydrogen-bond acceptors (Lipinski definition) is 4. The summed E-state index contributed by atoms with van der Waals surface area (Å²) in [7, 11) is -4.14. The van der Waals surface area contributed by atoms with Crippen molar-refractivity contribution in [3.63, 3.8) is 0 Å². The van der Waals surface area contributed by atoms with E-state index in [4.69, 9.17) is 11.6 Å². The van der Waals surface area contributed by atoms with Crippen LogP contribution >= 0.6 is 11.6 Å². The van der Waals surface area contributed by atoms with Crippen molar-refractivity contribution in [2.45, 2.75) is 64.9 Å². The maximum atomic E-state index is 14.1. The summed E-state index contributed by atoms with van der Waals surface area (Å²) in [5.41, 5.74) is 3.72. The first-order valence-electron chi connectivity index (χ1n) is 13.5. The fourth-order valence-corrected chi connectivity index (χ4v) is 6.21. The fourth-order valence-electron chi connectivity index (χ4n) is 4.51. The molecule has 0 radical (unpaired) electrons. The molecule has 0 aliphatic rings. The predicted octanol–water partition coefficient (Wildman–Crippen LogP) is 5.79. The van der Waals surface area contributed by atoms with E-state index in [2.05, 4.69) is 5.32 Å². The van der Waals surface area contributed by atoms with Gasteiger partial charge < -0.3 is 10.2 Å². The SMILES string of the molecule is CCCNC(=O)[C@@H](CC)N(Cc1ccccc1C)C(=O)CN(c1ccc(Cl)cc1C)S(=O)(=O)c1ccc(C)cc1. The number of carbonyl (C=O) groups is 2. The van der Waals surface area contributed by atoms with Gasteiger partial charge in [0, 0.05) is 18.1 Å². The zero-order chi connectivity index (χ0) is 29.4. The number of amides is 2. The van der Waals surface area contributed by atoms with Gasteiger partial charge in [-0.15, -0.1) is 0 Å². The van der Waals surface area contributed by atoms with E-state index in [1.165, 1.54) is 17.0 Å². The van der Waals surface area contributed by atoms with Crippen LogP contribution in [0.3, 0.4) is 0 Å². The molecule has 0 bridgehead atoms. The lowest BCUT2D eigenvalue weighted by Gasteiger charge is -2.34. The molecule has 2 amide bonds. The number of sulfonamides is 1. The lowest BCUT2D eigenvalue weighted by atomic mass is 10.1. The Morgan fingerprint density at radius 2 is 1.60 bits per heavy atom. The Kier molecular flexibility index (Phi) is 10.8. The second-order valence-electron chi connectivity index (χ2n) is 9.92. The van der Waals surface area contributed by atoms with E-state index in [0.717, 1.165) is 27.4 Å². The highest BCUT2D eigenvalue weighted by Crippen LogP contribution is 2.30. The van der Waals surface area contributed by atoms with Crippen LogP contribution in [0.2, 0.25) is 5.02 Å². The topological polar surface area (TPSA) is 86.8 Å². The van der Waals surface area contributed by atoms with Gasteiger partial charge in [0.05, 0.1) is 10.6 Å². The Bertz CT molecular complexity index is 1440. The molecule has 214 valence electrons. The van der Waals surface area contributed by atoms with Gasteiger partial charge in [-0.1, -0.05) is 67.4 Å². The first-order chi connectivity index (χ1) is 19.0. The summed E-state index contributed by atoms with van der Waals surface area (Å²) in [4.78, 5) is 28.9. The van der Waals surface area contributed by atoms with Crippen LogP contribution < -0.4 is 9.62 Å². The monoisotopic (exact) mass is 583 g/mol. The molecular weight excluding hydrogens is 546 g/mol. The number of carbonyl (C=O) groups excluding carboxylic acids is 2. The van der Waals surface area contributed by atoms with Crippen LogP contribution in [0.5, 0.6) is 0 Å². The number of nitrogens with zero attached hydrogens (tertiary/aromatic N) is 2. The van der Waals surface area contributed by atoms with E-state index in [1.54, 1.807) is 37.3 Å². The first-order valence-corrected chi connectivity index (χ1v) is 15.3. The van der Waals surface area contributed by atoms with Gasteiger partial charge >= 0.3 is 0 Å². The summed E-state index contributed by atoms with van der Waals surface area (Å²) in [5, 5.41) is 3.36. The molecule has 0 saturated heterocycles. The number of hydrogen-bond donors (Lipinski definition) is 1. The quantitative estimate of drug-likeness (QED) is 0.292. The molecule has 3 rings (SSSR count). The largest absolute Gasteiger partial charge is 0.354 e. The van der Waals surface area contributed by atoms with Gasteiger partial charge in [-0.25, -0.2) is 8.42 Å². The Morgan fingerprint density at radius 1 is 0.925 bits per heavy atom. The van der Waals surface area contributed by atoms with Crippen molar-refractivity contribution in [3.8, 4) is 0 Å². The van der Waals surface area contributed by atoms with Crippen molar-refractivity contribution in [1.29, 1.82) is 0 Å². The molecule has 0 saturated carbocycles. The van der Waals surface area contributed by atoms with Crippen LogP contribution in [0, 0.1) is 20.8 Å². The van der Waals surface area contributed by atoms with Crippen LogP contribution in [0.4, 0.5) is 5.69 Å². The maximum Gasteiger partial charge on any atom is 0.264 e. The van der Waals surface area contributed by atoms with Gasteiger partial charge in [0.2, 0.25) is 11.8 Å². The third kappa shape index (κ3) is 7.43. The minimum absolute atomic E-state index is 0.0680. The Hall–Kier alpha value is -3.36. The van der Waals surface area contributed by atoms with E-state index in [9.17, 15) is 18.0 Å². The van der Waals surface area contributed by atoms with Crippen molar-refractivity contribution < 1.29 is 18.0 Å². The minimum Gasteiger partial charge on any atom is -0.354 e. The van der Waals surface area contributed by atoms with Crippen LogP contribution in [-0.2, 0) is 26.2 Å². The zero-order valence-electron chi connectivity index (χ0n) is 23.8. The standard InChI is InChI=1S/C31H38ClN3O4S/c1-6-18-33-31(37)28(7-2)34(20-25-11-9-8-10-23(25)4)30(36)21-35(29-17-14-26(32)19-24(29)5)40(38,39)27-15-12-22(3)13-16-27/h8-17,19,28H,6-7,18,20-21H2,1-5H3,(H,33,37)/t28-/m1/s1. The predicted molar refractivity (Wildman–Crippen MR) is 161 cm³/mol. The van der Waals surface area contributed by atoms with Crippen LogP contribution in [0.25, 0.3) is 0 Å². The van der Waals surface area contributed by atoms with Gasteiger partial charge in [-0.2, -0.15) is 0 Å². The highest BCUT2D eigenvalue weighted by atomic mass is 35.5. The Morgan fingerprint density at radius 3 is 2.20 bits per heavy atom. The van der Waals surface area contributed by atoms with E-state index < -0.39 is 28.5 Å². The third-order valence-corrected chi connectivity index (χ3v) is 8.86. The summed E-state index contributed by atoms with van der Waals surface area (Å²) < 4.78 is 29.1. The van der Waals surface area contributed by atoms with Gasteiger partial charge in [-0.3, -0.25) is 13.9 Å². The number of halogens is 1. The lowest BCUT2D eigenvalue weighted by molar-refractivity contribution is -0.140. The summed E-state index contributed by atoms with van der Waals surface area (Å²) in [6.45, 7) is 9.54. The van der Waals surface area contributed by atoms with Crippen LogP contribution in [0.1, 0.15) is 48.9 Å². The number of nitrogens with one attached hydrogen (secondary N) is 1. The minimum atomic E-state index is -4.14. The van der Waals surface area contributed by atoms with E-state index in [-0.39, 0.29) is 17.3 Å². The molecule has 0 heterocycles. The normalized spacial score (nSPS) is 12.1. The smallest absolute Gasteiger partial charge is 0.264 e. The van der Waals surface area contributed by atoms with E-state index in [0.29, 0.717) is 29.2 Å². The van der Waals surface area contributed by atoms with Crippen LogP contribution in [0.15, 0.2) is 71.6 Å². The highest BCUT2D eigenvalue weighted by Gasteiger charge is 2.34. The van der Waals surface area contributed by atoms with Crippen molar-refractivity contribution in [3.05, 3.63) is 94.0 Å². The molecular formula is C31H38ClN3O4S. The molecule has 0 unspecified atom stereocenters. The number of rotatable bonds is 12. The average molecular weight is 584 g/mol. The van der Waals surface area contributed by atoms with Crippen molar-refractivity contribution in [1.82, 2.24) is 10.2 Å². The maximum absolute atomic E-state index is 14.1. The van der Waals surface area contributed by atoms with Gasteiger partial charge in [-0.05, 0) is 80.6 Å². The van der Waals surface area contributed by atoms with E-state index in [1.807, 2.05) is 52.0 Å². The molecule has 3 aromatic rings. The average Bonchev–Trinajstić information content (AvgIpc) is 2.92. The molecule has 0 aliphatic carbocycles. The summed E-state index contributed by atoms with van der Waals surface area (Å²) >= 11 is 6.18. The summed E-state index contributed by atoms with van der Waals surface area (Å²) in [6.07, 6.45) is 1.13. The molecule has 9 heteroatoms. The Balaban J connectivity index is 2.10. The molecule has 0 spiro atoms. The molecule has 1 N–H and O–H groups in total. The first kappa shape index (κ1) is 31.2. The molecule has 0 fully saturated rings. The number of aryl methyl sites for hydroxylation is 3. The van der Waals surface area contributed by atoms with Crippen molar-refractivity contribution in [2.24, 2.45) is 0 Å². The molecule has 7 nitrogen and oxygen atoms in total. The lowest BCUT2D eigenvalue weighted by Crippen LogP contribution is -2.52. The van der Waals surface area contributed by atoms with Gasteiger partial charge in [0.15, 0.2) is 0 Å². The van der Waals surface area contributed by atoms with Gasteiger partial charge in [0.25, 0.3) is 10.0 Å². The summed E-state index contributed by atoms with van der Waals surface area (Å²) in [5.74, 6) is -0.742. The fraction of sp³-hybridized carbons (Fsp3) is 0.355. The zero-order valence-corrected chi connectivity index (χ0v) is 25.3. The van der Waals surface area contributed by atoms with Gasteiger partial charge in [0.1, 0.15) is 12.6 Å². The van der Waals surface area contributed by atoms with Crippen molar-refractivity contribution >= 4 is 39.1 Å².